The van der Waals surface area contributed by atoms with Gasteiger partial charge in [-0.05, 0) is 72.8 Å². The minimum atomic E-state index is 0.148. The van der Waals surface area contributed by atoms with Gasteiger partial charge in [0.15, 0.2) is 11.7 Å². The fourth-order valence-electron chi connectivity index (χ4n) is 7.81. The molecule has 0 aliphatic carbocycles. The van der Waals surface area contributed by atoms with Crippen LogP contribution >= 0.6 is 11.3 Å². The molecule has 55 heavy (non-hydrogen) atoms. The van der Waals surface area contributed by atoms with Crippen LogP contribution in [-0.4, -0.2) is 17.9 Å². The normalized spacial score (nSPS) is 12.1. The van der Waals surface area contributed by atoms with E-state index in [1.807, 2.05) is 53.9 Å². The van der Waals surface area contributed by atoms with Crippen molar-refractivity contribution in [3.63, 3.8) is 0 Å². The lowest BCUT2D eigenvalue weighted by atomic mass is 9.93. The molecule has 1 aromatic heterocycles. The SMILES string of the molecule is N=C(N=C(N=Cc1c2ccccc2cc2c1ccc1ccccc12)c1ccccc1-c1cccc2sc3ccccc3c12)c1ccc(-c2ccccc2)cc1. The minimum absolute atomic E-state index is 0.148. The molecule has 0 unspecified atom stereocenters. The van der Waals surface area contributed by atoms with Gasteiger partial charge in [-0.2, -0.15) is 0 Å². The van der Waals surface area contributed by atoms with Crippen molar-refractivity contribution in [3.8, 4) is 22.3 Å². The van der Waals surface area contributed by atoms with Gasteiger partial charge in [-0.15, -0.1) is 11.3 Å². The van der Waals surface area contributed by atoms with E-state index < -0.39 is 0 Å². The number of nitrogens with zero attached hydrogens (tertiary/aromatic N) is 2. The highest BCUT2D eigenvalue weighted by Gasteiger charge is 2.17. The third kappa shape index (κ3) is 5.90. The Bertz CT molecular complexity index is 3150. The highest BCUT2D eigenvalue weighted by molar-refractivity contribution is 7.25. The predicted molar refractivity (Wildman–Crippen MR) is 237 cm³/mol. The van der Waals surface area contributed by atoms with Gasteiger partial charge in [-0.1, -0.05) is 170 Å². The highest BCUT2D eigenvalue weighted by atomic mass is 32.1. The van der Waals surface area contributed by atoms with Gasteiger partial charge in [0.25, 0.3) is 0 Å². The standard InChI is InChI=1S/C51H33N3S/c52-50(36-27-25-34(26-28-36)33-13-2-1-3-14-33)54-51(43-20-9-8-19-40(43)42-22-12-24-48-49(42)44-21-10-11-23-47(44)55-48)53-32-46-39-18-7-5-16-37(39)31-45-38-17-6-4-15-35(38)29-30-41(45)46/h1-32,52H. The Hall–Kier alpha value is -7.01. The summed E-state index contributed by atoms with van der Waals surface area (Å²) in [6, 6.07) is 65.5. The molecular weight excluding hydrogens is 687 g/mol. The van der Waals surface area contributed by atoms with Crippen molar-refractivity contribution in [3.05, 3.63) is 205 Å². The second kappa shape index (κ2) is 13.8. The molecular formula is C51H33N3S. The molecule has 0 bridgehead atoms. The number of hydrogen-bond donors (Lipinski definition) is 1. The van der Waals surface area contributed by atoms with Gasteiger partial charge in [0.2, 0.25) is 0 Å². The molecule has 0 aliphatic heterocycles. The summed E-state index contributed by atoms with van der Waals surface area (Å²) in [4.78, 5) is 10.3. The summed E-state index contributed by atoms with van der Waals surface area (Å²) >= 11 is 1.81. The van der Waals surface area contributed by atoms with Crippen LogP contribution in [0, 0.1) is 5.41 Å². The number of thiophene rings is 1. The van der Waals surface area contributed by atoms with Crippen molar-refractivity contribution in [2.24, 2.45) is 9.98 Å². The highest BCUT2D eigenvalue weighted by Crippen LogP contribution is 2.41. The number of aliphatic imine (C=N–C) groups is 2. The third-order valence-corrected chi connectivity index (χ3v) is 11.6. The Morgan fingerprint density at radius 1 is 0.473 bits per heavy atom. The lowest BCUT2D eigenvalue weighted by molar-refractivity contribution is 1.40. The van der Waals surface area contributed by atoms with E-state index in [4.69, 9.17) is 9.98 Å². The first kappa shape index (κ1) is 32.6. The predicted octanol–water partition coefficient (Wildman–Crippen LogP) is 13.7. The van der Waals surface area contributed by atoms with E-state index in [0.29, 0.717) is 5.84 Å². The topological polar surface area (TPSA) is 48.6 Å². The van der Waals surface area contributed by atoms with E-state index in [9.17, 15) is 5.41 Å². The lowest BCUT2D eigenvalue weighted by Crippen LogP contribution is -2.06. The van der Waals surface area contributed by atoms with Gasteiger partial charge < -0.3 is 0 Å². The van der Waals surface area contributed by atoms with E-state index in [0.717, 1.165) is 55.1 Å². The smallest absolute Gasteiger partial charge is 0.162 e. The summed E-state index contributed by atoms with van der Waals surface area (Å²) in [5.74, 6) is 0.626. The zero-order valence-electron chi connectivity index (χ0n) is 29.8. The van der Waals surface area contributed by atoms with Crippen LogP contribution in [0.25, 0.3) is 74.7 Å². The first-order valence-corrected chi connectivity index (χ1v) is 19.2. The van der Waals surface area contributed by atoms with Crippen LogP contribution in [0.15, 0.2) is 198 Å². The lowest BCUT2D eigenvalue weighted by Gasteiger charge is -2.13. The number of hydrogen-bond acceptors (Lipinski definition) is 2. The minimum Gasteiger partial charge on any atom is -0.282 e. The molecule has 1 heterocycles. The van der Waals surface area contributed by atoms with E-state index in [2.05, 4.69) is 152 Å². The van der Waals surface area contributed by atoms with Crippen molar-refractivity contribution in [1.29, 1.82) is 5.41 Å². The Kier molecular flexibility index (Phi) is 8.16. The average molecular weight is 720 g/mol. The molecule has 0 saturated heterocycles. The molecule has 3 nitrogen and oxygen atoms in total. The summed E-state index contributed by atoms with van der Waals surface area (Å²) in [6.07, 6.45) is 1.96. The van der Waals surface area contributed by atoms with Crippen LogP contribution < -0.4 is 0 Å². The first-order chi connectivity index (χ1) is 27.2. The fraction of sp³-hybridized carbons (Fsp3) is 0. The summed E-state index contributed by atoms with van der Waals surface area (Å²) in [5, 5.41) is 18.8. The molecule has 0 aliphatic rings. The van der Waals surface area contributed by atoms with Crippen LogP contribution in [0.3, 0.4) is 0 Å². The van der Waals surface area contributed by atoms with Gasteiger partial charge in [-0.25, -0.2) is 9.98 Å². The molecule has 0 fully saturated rings. The second-order valence-electron chi connectivity index (χ2n) is 13.7. The van der Waals surface area contributed by atoms with Crippen LogP contribution in [0.4, 0.5) is 0 Å². The Morgan fingerprint density at radius 2 is 1.13 bits per heavy atom. The van der Waals surface area contributed by atoms with E-state index in [1.54, 1.807) is 0 Å². The maximum atomic E-state index is 9.35. The molecule has 10 rings (SSSR count). The number of benzene rings is 9. The quantitative estimate of drug-likeness (QED) is 0.0797. The Morgan fingerprint density at radius 3 is 1.98 bits per heavy atom. The van der Waals surface area contributed by atoms with Gasteiger partial charge >= 0.3 is 0 Å². The van der Waals surface area contributed by atoms with Crippen LogP contribution in [0.2, 0.25) is 0 Å². The average Bonchev–Trinajstić information content (AvgIpc) is 3.64. The Labute approximate surface area is 322 Å². The van der Waals surface area contributed by atoms with Crippen LogP contribution in [0.1, 0.15) is 16.7 Å². The number of fused-ring (bicyclic) bond motifs is 7. The monoisotopic (exact) mass is 719 g/mol. The van der Waals surface area contributed by atoms with E-state index in [-0.39, 0.29) is 5.84 Å². The zero-order chi connectivity index (χ0) is 36.7. The van der Waals surface area contributed by atoms with Crippen LogP contribution in [0.5, 0.6) is 0 Å². The third-order valence-electron chi connectivity index (χ3n) is 10.5. The summed E-state index contributed by atoms with van der Waals surface area (Å²) in [7, 11) is 0. The van der Waals surface area contributed by atoms with Gasteiger partial charge in [0, 0.05) is 43.1 Å². The molecule has 10 aromatic rings. The van der Waals surface area contributed by atoms with Crippen molar-refractivity contribution in [2.45, 2.75) is 0 Å². The molecule has 0 radical (unpaired) electrons. The van der Waals surface area contributed by atoms with E-state index >= 15 is 0 Å². The first-order valence-electron chi connectivity index (χ1n) is 18.4. The van der Waals surface area contributed by atoms with Crippen molar-refractivity contribution >= 4 is 81.7 Å². The molecule has 258 valence electrons. The van der Waals surface area contributed by atoms with Crippen molar-refractivity contribution < 1.29 is 0 Å². The van der Waals surface area contributed by atoms with E-state index in [1.165, 1.54) is 36.3 Å². The molecule has 1 N–H and O–H groups in total. The molecule has 0 atom stereocenters. The van der Waals surface area contributed by atoms with Gasteiger partial charge in [-0.3, -0.25) is 5.41 Å². The maximum Gasteiger partial charge on any atom is 0.162 e. The number of rotatable bonds is 5. The summed E-state index contributed by atoms with van der Waals surface area (Å²) in [6.45, 7) is 0. The summed E-state index contributed by atoms with van der Waals surface area (Å²) in [5.41, 5.74) is 6.97. The second-order valence-corrected chi connectivity index (χ2v) is 14.8. The molecule has 0 saturated carbocycles. The molecule has 0 spiro atoms. The van der Waals surface area contributed by atoms with Gasteiger partial charge in [0.1, 0.15) is 0 Å². The van der Waals surface area contributed by atoms with Crippen molar-refractivity contribution in [2.75, 3.05) is 0 Å². The van der Waals surface area contributed by atoms with Gasteiger partial charge in [0.05, 0.1) is 0 Å². The van der Waals surface area contributed by atoms with Crippen LogP contribution in [-0.2, 0) is 0 Å². The zero-order valence-corrected chi connectivity index (χ0v) is 30.6. The molecule has 9 aromatic carbocycles. The number of nitrogens with one attached hydrogen (secondary N) is 1. The maximum absolute atomic E-state index is 9.35. The molecule has 0 amide bonds. The molecule has 4 heteroatoms. The fourth-order valence-corrected chi connectivity index (χ4v) is 8.94. The number of amidine groups is 2. The van der Waals surface area contributed by atoms with Crippen molar-refractivity contribution in [1.82, 2.24) is 0 Å². The Balaban J connectivity index is 1.17. The largest absolute Gasteiger partial charge is 0.282 e. The summed E-state index contributed by atoms with van der Waals surface area (Å²) < 4.78 is 2.49.